The Kier molecular flexibility index (Phi) is 5.18. The Morgan fingerprint density at radius 3 is 2.23 bits per heavy atom. The number of rotatable bonds is 3. The monoisotopic (exact) mass is 382 g/mol. The Labute approximate surface area is 146 Å². The number of benzene rings is 1. The molecule has 0 saturated heterocycles. The minimum Gasteiger partial charge on any atom is -0.543 e. The molecule has 3 heteroatoms. The fourth-order valence-corrected chi connectivity index (χ4v) is 4.49. The van der Waals surface area contributed by atoms with Gasteiger partial charge in [0.2, 0.25) is 8.32 Å². The molecule has 124 valence electrons. The quantitative estimate of drug-likeness (QED) is 0.508. The summed E-state index contributed by atoms with van der Waals surface area (Å²) >= 11 is 3.66. The van der Waals surface area contributed by atoms with Crippen molar-refractivity contribution in [3.05, 3.63) is 28.2 Å². The summed E-state index contributed by atoms with van der Waals surface area (Å²) in [5, 5.41) is 0.227. The van der Waals surface area contributed by atoms with Gasteiger partial charge in [-0.2, -0.15) is 0 Å². The van der Waals surface area contributed by atoms with Crippen molar-refractivity contribution in [2.75, 3.05) is 0 Å². The third kappa shape index (κ3) is 3.79. The average molecular weight is 383 g/mol. The van der Waals surface area contributed by atoms with Crippen LogP contribution in [0.5, 0.6) is 5.75 Å². The van der Waals surface area contributed by atoms with E-state index >= 15 is 0 Å². The first-order valence-electron chi connectivity index (χ1n) is 8.54. The zero-order valence-electron chi connectivity index (χ0n) is 15.1. The van der Waals surface area contributed by atoms with E-state index in [0.29, 0.717) is 0 Å². The van der Waals surface area contributed by atoms with Crippen molar-refractivity contribution >= 4 is 24.2 Å². The van der Waals surface area contributed by atoms with Gasteiger partial charge in [0.25, 0.3) is 0 Å². The predicted octanol–water partition coefficient (Wildman–Crippen LogP) is 7.05. The van der Waals surface area contributed by atoms with Crippen LogP contribution in [-0.2, 0) is 5.41 Å². The van der Waals surface area contributed by atoms with Crippen molar-refractivity contribution in [3.8, 4) is 5.75 Å². The van der Waals surface area contributed by atoms with Crippen molar-refractivity contribution in [2.45, 2.75) is 83.3 Å². The van der Waals surface area contributed by atoms with E-state index in [4.69, 9.17) is 4.43 Å². The number of hydrogen-bond acceptors (Lipinski definition) is 1. The second-order valence-corrected chi connectivity index (χ2v) is 14.3. The molecule has 0 atom stereocenters. The van der Waals surface area contributed by atoms with Crippen LogP contribution in [0.1, 0.15) is 65.4 Å². The third-order valence-corrected chi connectivity index (χ3v) is 10.6. The van der Waals surface area contributed by atoms with Crippen LogP contribution < -0.4 is 4.43 Å². The summed E-state index contributed by atoms with van der Waals surface area (Å²) in [4.78, 5) is 0. The van der Waals surface area contributed by atoms with Gasteiger partial charge in [0, 0.05) is 4.47 Å². The minimum atomic E-state index is -1.81. The Balaban J connectivity index is 2.40. The normalized spacial score (nSPS) is 19.0. The van der Waals surface area contributed by atoms with Crippen LogP contribution in [0.4, 0.5) is 0 Å². The molecule has 1 saturated carbocycles. The van der Waals surface area contributed by atoms with Gasteiger partial charge in [0.15, 0.2) is 0 Å². The molecular weight excluding hydrogens is 352 g/mol. The van der Waals surface area contributed by atoms with Gasteiger partial charge < -0.3 is 4.43 Å². The van der Waals surface area contributed by atoms with Gasteiger partial charge >= 0.3 is 0 Å². The van der Waals surface area contributed by atoms with Crippen molar-refractivity contribution in [1.82, 2.24) is 0 Å². The van der Waals surface area contributed by atoms with Crippen LogP contribution in [0.15, 0.2) is 22.7 Å². The lowest BCUT2D eigenvalue weighted by atomic mass is 9.71. The molecular formula is C19H31BrOSi. The molecule has 1 aromatic rings. The molecule has 0 aliphatic heterocycles. The molecule has 0 N–H and O–H groups in total. The van der Waals surface area contributed by atoms with Gasteiger partial charge in [-0.3, -0.25) is 0 Å². The lowest BCUT2D eigenvalue weighted by Crippen LogP contribution is -2.44. The largest absolute Gasteiger partial charge is 0.543 e. The summed E-state index contributed by atoms with van der Waals surface area (Å²) < 4.78 is 7.85. The fraction of sp³-hybridized carbons (Fsp3) is 0.684. The van der Waals surface area contributed by atoms with Crippen molar-refractivity contribution in [3.63, 3.8) is 0 Å². The predicted molar refractivity (Wildman–Crippen MR) is 102 cm³/mol. The van der Waals surface area contributed by atoms with Gasteiger partial charge in [0.05, 0.1) is 0 Å². The van der Waals surface area contributed by atoms with E-state index in [1.54, 1.807) is 0 Å². The second kappa shape index (κ2) is 6.31. The lowest BCUT2D eigenvalue weighted by Gasteiger charge is -2.40. The molecule has 0 radical (unpaired) electrons. The molecule has 1 nitrogen and oxygen atoms in total. The van der Waals surface area contributed by atoms with Gasteiger partial charge in [-0.25, -0.2) is 0 Å². The Morgan fingerprint density at radius 1 is 1.09 bits per heavy atom. The summed E-state index contributed by atoms with van der Waals surface area (Å²) in [5.74, 6) is 1.12. The SMILES string of the molecule is CC1(c2cc(Br)ccc2O[Si](C)(C)C(C)(C)C)CCCCC1. The van der Waals surface area contributed by atoms with Crippen LogP contribution in [0.3, 0.4) is 0 Å². The highest BCUT2D eigenvalue weighted by Crippen LogP contribution is 2.46. The van der Waals surface area contributed by atoms with Crippen LogP contribution >= 0.6 is 15.9 Å². The zero-order chi connectivity index (χ0) is 16.6. The topological polar surface area (TPSA) is 9.23 Å². The Morgan fingerprint density at radius 2 is 1.68 bits per heavy atom. The number of halogens is 1. The highest BCUT2D eigenvalue weighted by molar-refractivity contribution is 9.10. The van der Waals surface area contributed by atoms with Crippen LogP contribution in [-0.4, -0.2) is 8.32 Å². The molecule has 0 bridgehead atoms. The van der Waals surface area contributed by atoms with Gasteiger partial charge in [-0.05, 0) is 60.2 Å². The van der Waals surface area contributed by atoms with E-state index in [1.165, 1.54) is 37.7 Å². The maximum atomic E-state index is 6.69. The zero-order valence-corrected chi connectivity index (χ0v) is 17.6. The number of hydrogen-bond donors (Lipinski definition) is 0. The lowest BCUT2D eigenvalue weighted by molar-refractivity contribution is 0.312. The molecule has 1 aromatic carbocycles. The van der Waals surface area contributed by atoms with E-state index in [0.717, 1.165) is 10.2 Å². The molecule has 0 spiro atoms. The smallest absolute Gasteiger partial charge is 0.250 e. The van der Waals surface area contributed by atoms with E-state index < -0.39 is 8.32 Å². The molecule has 0 aromatic heterocycles. The van der Waals surface area contributed by atoms with E-state index in [2.05, 4.69) is 74.9 Å². The van der Waals surface area contributed by atoms with E-state index in [1.807, 2.05) is 0 Å². The summed E-state index contributed by atoms with van der Waals surface area (Å²) in [7, 11) is -1.81. The van der Waals surface area contributed by atoms with Crippen molar-refractivity contribution < 1.29 is 4.43 Å². The minimum absolute atomic E-state index is 0.227. The Hall–Kier alpha value is -0.283. The highest BCUT2D eigenvalue weighted by atomic mass is 79.9. The standard InChI is InChI=1S/C19H31BrOSi/c1-18(2,3)22(5,6)21-17-11-10-15(20)14-16(17)19(4)12-8-7-9-13-19/h10-11,14H,7-9,12-13H2,1-6H3. The first kappa shape index (κ1) is 18.1. The van der Waals surface area contributed by atoms with Crippen LogP contribution in [0.25, 0.3) is 0 Å². The molecule has 22 heavy (non-hydrogen) atoms. The summed E-state index contributed by atoms with van der Waals surface area (Å²) in [6, 6.07) is 6.60. The first-order valence-corrected chi connectivity index (χ1v) is 12.2. The first-order chi connectivity index (χ1) is 10.1. The fourth-order valence-electron chi connectivity index (χ4n) is 3.09. The van der Waals surface area contributed by atoms with Gasteiger partial charge in [-0.15, -0.1) is 0 Å². The average Bonchev–Trinajstić information content (AvgIpc) is 2.40. The molecule has 0 amide bonds. The van der Waals surface area contributed by atoms with Crippen molar-refractivity contribution in [2.24, 2.45) is 0 Å². The molecule has 0 heterocycles. The highest BCUT2D eigenvalue weighted by Gasteiger charge is 2.40. The van der Waals surface area contributed by atoms with E-state index in [9.17, 15) is 0 Å². The maximum Gasteiger partial charge on any atom is 0.250 e. The molecule has 1 aliphatic rings. The molecule has 1 fully saturated rings. The summed E-state index contributed by atoms with van der Waals surface area (Å²) in [6.45, 7) is 14.0. The van der Waals surface area contributed by atoms with Crippen LogP contribution in [0.2, 0.25) is 18.1 Å². The summed E-state index contributed by atoms with van der Waals surface area (Å²) in [6.07, 6.45) is 6.60. The Bertz CT molecular complexity index is 525. The van der Waals surface area contributed by atoms with Crippen LogP contribution in [0, 0.1) is 0 Å². The molecule has 0 unspecified atom stereocenters. The molecule has 1 aliphatic carbocycles. The maximum absolute atomic E-state index is 6.69. The molecule has 2 rings (SSSR count). The van der Waals surface area contributed by atoms with Gasteiger partial charge in [-0.1, -0.05) is 62.9 Å². The van der Waals surface area contributed by atoms with Crippen molar-refractivity contribution in [1.29, 1.82) is 0 Å². The third-order valence-electron chi connectivity index (χ3n) is 5.72. The van der Waals surface area contributed by atoms with Gasteiger partial charge in [0.1, 0.15) is 5.75 Å². The second-order valence-electron chi connectivity index (χ2n) is 8.62. The summed E-state index contributed by atoms with van der Waals surface area (Å²) in [5.41, 5.74) is 1.67. The van der Waals surface area contributed by atoms with E-state index in [-0.39, 0.29) is 10.5 Å².